The fourth-order valence-corrected chi connectivity index (χ4v) is 4.17. The van der Waals surface area contributed by atoms with Crippen LogP contribution in [-0.4, -0.2) is 75.5 Å². The van der Waals surface area contributed by atoms with Gasteiger partial charge in [0, 0.05) is 19.3 Å². The molecular weight excluding hydrogens is 474 g/mol. The van der Waals surface area contributed by atoms with Crippen LogP contribution >= 0.6 is 0 Å². The second-order valence-electron chi connectivity index (χ2n) is 11.0. The molecule has 0 radical (unpaired) electrons. The van der Waals surface area contributed by atoms with Gasteiger partial charge in [0.25, 0.3) is 0 Å². The molecule has 0 saturated heterocycles. The standard InChI is InChI=1S/C29H55NO7/c1-6-8-9-10-11-12-13-14-15-16-17-18-19-20-28(32)37-25(24-36-27(31)7-2)23-35-22-21-26(29(33)34)30(3,4)5/h25-26H,6-24H2,1-5H3. The van der Waals surface area contributed by atoms with Crippen LogP contribution in [0.3, 0.4) is 0 Å². The van der Waals surface area contributed by atoms with Gasteiger partial charge in [-0.05, 0) is 6.42 Å². The lowest BCUT2D eigenvalue weighted by molar-refractivity contribution is -0.889. The molecule has 0 bridgehead atoms. The van der Waals surface area contributed by atoms with E-state index in [0.29, 0.717) is 6.42 Å². The number of carboxylic acids is 1. The zero-order valence-corrected chi connectivity index (χ0v) is 24.4. The quantitative estimate of drug-likeness (QED) is 0.0970. The number of ether oxygens (including phenoxy) is 3. The lowest BCUT2D eigenvalue weighted by atomic mass is 10.0. The summed E-state index contributed by atoms with van der Waals surface area (Å²) in [5, 5.41) is 11.4. The number of esters is 2. The Bertz CT molecular complexity index is 604. The lowest BCUT2D eigenvalue weighted by Crippen LogP contribution is -2.55. The maximum Gasteiger partial charge on any atom is 0.306 e. The molecule has 0 aliphatic carbocycles. The second kappa shape index (κ2) is 22.3. The van der Waals surface area contributed by atoms with E-state index in [2.05, 4.69) is 6.92 Å². The lowest BCUT2D eigenvalue weighted by Gasteiger charge is -2.34. The number of carbonyl (C=O) groups is 3. The molecule has 37 heavy (non-hydrogen) atoms. The number of nitrogens with zero attached hydrogens (tertiary/aromatic N) is 1. The average Bonchev–Trinajstić information content (AvgIpc) is 2.83. The Kier molecular flexibility index (Phi) is 21.3. The number of likely N-dealkylation sites (N-methyl/N-ethyl adjacent to an activating group) is 1. The van der Waals surface area contributed by atoms with Crippen molar-refractivity contribution in [2.45, 2.75) is 129 Å². The highest BCUT2D eigenvalue weighted by Gasteiger charge is 2.25. The minimum atomic E-state index is -1.13. The van der Waals surface area contributed by atoms with Crippen molar-refractivity contribution in [1.29, 1.82) is 0 Å². The molecule has 0 aromatic rings. The van der Waals surface area contributed by atoms with E-state index >= 15 is 0 Å². The number of carbonyl (C=O) groups excluding carboxylic acids is 3. The van der Waals surface area contributed by atoms with Crippen molar-refractivity contribution in [2.24, 2.45) is 0 Å². The first-order valence-electron chi connectivity index (χ1n) is 14.6. The number of hydrogen-bond donors (Lipinski definition) is 0. The minimum Gasteiger partial charge on any atom is -0.544 e. The zero-order valence-electron chi connectivity index (χ0n) is 24.4. The molecule has 2 atom stereocenters. The number of carboxylic acid groups (broad SMARTS) is 1. The number of quaternary nitrogens is 1. The van der Waals surface area contributed by atoms with Gasteiger partial charge in [-0.2, -0.15) is 0 Å². The molecule has 0 heterocycles. The summed E-state index contributed by atoms with van der Waals surface area (Å²) < 4.78 is 16.5. The predicted octanol–water partition coefficient (Wildman–Crippen LogP) is 4.56. The Morgan fingerprint density at radius 2 is 1.24 bits per heavy atom. The molecule has 0 aliphatic heterocycles. The van der Waals surface area contributed by atoms with Gasteiger partial charge in [-0.15, -0.1) is 0 Å². The maximum absolute atomic E-state index is 12.3. The summed E-state index contributed by atoms with van der Waals surface area (Å²) in [5.74, 6) is -1.84. The zero-order chi connectivity index (χ0) is 27.9. The highest BCUT2D eigenvalue weighted by atomic mass is 16.6. The number of hydrogen-bond acceptors (Lipinski definition) is 7. The van der Waals surface area contributed by atoms with E-state index < -0.39 is 18.1 Å². The summed E-state index contributed by atoms with van der Waals surface area (Å²) in [5.41, 5.74) is 0. The number of rotatable bonds is 25. The van der Waals surface area contributed by atoms with Crippen molar-refractivity contribution >= 4 is 17.9 Å². The van der Waals surface area contributed by atoms with Gasteiger partial charge in [0.2, 0.25) is 0 Å². The summed E-state index contributed by atoms with van der Waals surface area (Å²) in [6, 6.07) is -0.713. The molecule has 0 amide bonds. The summed E-state index contributed by atoms with van der Waals surface area (Å²) >= 11 is 0. The van der Waals surface area contributed by atoms with Gasteiger partial charge in [-0.25, -0.2) is 0 Å². The fraction of sp³-hybridized carbons (Fsp3) is 0.897. The van der Waals surface area contributed by atoms with Gasteiger partial charge < -0.3 is 28.6 Å². The van der Waals surface area contributed by atoms with Crippen LogP contribution in [0.5, 0.6) is 0 Å². The van der Waals surface area contributed by atoms with Crippen LogP contribution in [0.4, 0.5) is 0 Å². The Hall–Kier alpha value is -1.67. The topological polar surface area (TPSA) is 102 Å². The van der Waals surface area contributed by atoms with Gasteiger partial charge in [-0.3, -0.25) is 9.59 Å². The van der Waals surface area contributed by atoms with Gasteiger partial charge in [0.05, 0.1) is 40.3 Å². The molecule has 0 rings (SSSR count). The first-order chi connectivity index (χ1) is 17.6. The van der Waals surface area contributed by atoms with E-state index in [1.54, 1.807) is 28.1 Å². The van der Waals surface area contributed by atoms with Crippen LogP contribution in [0.1, 0.15) is 117 Å². The van der Waals surface area contributed by atoms with E-state index in [9.17, 15) is 19.5 Å². The Balaban J connectivity index is 4.13. The summed E-state index contributed by atoms with van der Waals surface area (Å²) in [7, 11) is 5.35. The molecule has 8 nitrogen and oxygen atoms in total. The monoisotopic (exact) mass is 529 g/mol. The first kappa shape index (κ1) is 35.3. The van der Waals surface area contributed by atoms with Crippen LogP contribution in [0.15, 0.2) is 0 Å². The molecule has 0 aromatic heterocycles. The van der Waals surface area contributed by atoms with Gasteiger partial charge >= 0.3 is 11.9 Å². The molecule has 8 heteroatoms. The number of aliphatic carboxylic acids is 1. The minimum absolute atomic E-state index is 0.0399. The van der Waals surface area contributed by atoms with Crippen LogP contribution in [-0.2, 0) is 28.6 Å². The Morgan fingerprint density at radius 1 is 0.730 bits per heavy atom. The van der Waals surface area contributed by atoms with E-state index in [-0.39, 0.29) is 49.1 Å². The third-order valence-corrected chi connectivity index (χ3v) is 6.55. The van der Waals surface area contributed by atoms with Gasteiger partial charge in [-0.1, -0.05) is 90.9 Å². The van der Waals surface area contributed by atoms with E-state index in [1.807, 2.05) is 0 Å². The van der Waals surface area contributed by atoms with Gasteiger partial charge in [0.15, 0.2) is 6.10 Å². The highest BCUT2D eigenvalue weighted by Crippen LogP contribution is 2.14. The normalized spacial score (nSPS) is 13.2. The van der Waals surface area contributed by atoms with Crippen molar-refractivity contribution < 1.29 is 38.2 Å². The molecule has 0 N–H and O–H groups in total. The molecule has 218 valence electrons. The predicted molar refractivity (Wildman–Crippen MR) is 144 cm³/mol. The molecule has 0 saturated carbocycles. The summed E-state index contributed by atoms with van der Waals surface area (Å²) in [4.78, 5) is 35.2. The number of unbranched alkanes of at least 4 members (excludes halogenated alkanes) is 12. The largest absolute Gasteiger partial charge is 0.544 e. The molecule has 0 spiro atoms. The SMILES string of the molecule is CCCCCCCCCCCCCCCC(=O)OC(COCCC(C(=O)[O-])[N+](C)(C)C)COC(=O)CC. The molecule has 2 unspecified atom stereocenters. The highest BCUT2D eigenvalue weighted by molar-refractivity contribution is 5.70. The van der Waals surface area contributed by atoms with Crippen LogP contribution < -0.4 is 5.11 Å². The van der Waals surface area contributed by atoms with Crippen LogP contribution in [0.2, 0.25) is 0 Å². The van der Waals surface area contributed by atoms with Crippen molar-refractivity contribution in [1.82, 2.24) is 0 Å². The van der Waals surface area contributed by atoms with E-state index in [4.69, 9.17) is 14.2 Å². The van der Waals surface area contributed by atoms with Crippen molar-refractivity contribution in [3.05, 3.63) is 0 Å². The maximum atomic E-state index is 12.3. The van der Waals surface area contributed by atoms with Crippen molar-refractivity contribution in [3.63, 3.8) is 0 Å². The average molecular weight is 530 g/mol. The Morgan fingerprint density at radius 3 is 1.70 bits per heavy atom. The summed E-state index contributed by atoms with van der Waals surface area (Å²) in [6.07, 6.45) is 16.2. The second-order valence-corrected chi connectivity index (χ2v) is 11.0. The van der Waals surface area contributed by atoms with Crippen molar-refractivity contribution in [3.8, 4) is 0 Å². The summed E-state index contributed by atoms with van der Waals surface area (Å²) in [6.45, 7) is 4.08. The fourth-order valence-electron chi connectivity index (χ4n) is 4.17. The molecule has 0 aromatic carbocycles. The van der Waals surface area contributed by atoms with Crippen molar-refractivity contribution in [2.75, 3.05) is 41.0 Å². The third-order valence-electron chi connectivity index (χ3n) is 6.55. The third kappa shape index (κ3) is 21.0. The van der Waals surface area contributed by atoms with Crippen LogP contribution in [0, 0.1) is 0 Å². The van der Waals surface area contributed by atoms with E-state index in [1.165, 1.54) is 64.2 Å². The Labute approximate surface area is 226 Å². The first-order valence-corrected chi connectivity index (χ1v) is 14.6. The smallest absolute Gasteiger partial charge is 0.306 e. The molecular formula is C29H55NO7. The molecule has 0 aliphatic rings. The van der Waals surface area contributed by atoms with Gasteiger partial charge in [0.1, 0.15) is 12.6 Å². The molecule has 0 fully saturated rings. The van der Waals surface area contributed by atoms with Crippen LogP contribution in [0.25, 0.3) is 0 Å². The van der Waals surface area contributed by atoms with E-state index in [0.717, 1.165) is 19.3 Å².